The highest BCUT2D eigenvalue weighted by molar-refractivity contribution is 5.90. The highest BCUT2D eigenvalue weighted by atomic mass is 16.6. The number of nitrogens with zero attached hydrogens (tertiary/aromatic N) is 2. The molecule has 1 aromatic heterocycles. The molecule has 1 heterocycles. The predicted octanol–water partition coefficient (Wildman–Crippen LogP) is 1.60. The summed E-state index contributed by atoms with van der Waals surface area (Å²) in [5, 5.41) is 13.1. The van der Waals surface area contributed by atoms with Crippen molar-refractivity contribution < 1.29 is 9.72 Å². The highest BCUT2D eigenvalue weighted by Crippen LogP contribution is 2.06. The van der Waals surface area contributed by atoms with E-state index in [1.54, 1.807) is 0 Å². The second-order valence-electron chi connectivity index (χ2n) is 4.37. The number of nitrogens with one attached hydrogen (secondary N) is 2. The molecule has 1 amide bonds. The molecule has 1 aromatic carbocycles. The molecular formula is C13H14N4O3. The van der Waals surface area contributed by atoms with E-state index in [9.17, 15) is 14.9 Å². The van der Waals surface area contributed by atoms with Crippen molar-refractivity contribution in [1.29, 1.82) is 0 Å². The van der Waals surface area contributed by atoms with E-state index < -0.39 is 10.8 Å². The number of rotatable bonds is 5. The zero-order valence-corrected chi connectivity index (χ0v) is 10.9. The zero-order chi connectivity index (χ0) is 14.5. The number of carbonyl (C=O) groups excluding carboxylic acids is 1. The van der Waals surface area contributed by atoms with Gasteiger partial charge < -0.3 is 15.4 Å². The third-order valence-electron chi connectivity index (χ3n) is 2.79. The first-order valence-corrected chi connectivity index (χ1v) is 6.09. The van der Waals surface area contributed by atoms with Crippen LogP contribution in [0, 0.1) is 17.0 Å². The first kappa shape index (κ1) is 13.7. The van der Waals surface area contributed by atoms with E-state index in [0.29, 0.717) is 13.0 Å². The van der Waals surface area contributed by atoms with Gasteiger partial charge in [0, 0.05) is 6.54 Å². The predicted molar refractivity (Wildman–Crippen MR) is 72.5 cm³/mol. The number of amides is 1. The van der Waals surface area contributed by atoms with Gasteiger partial charge in [0.1, 0.15) is 6.20 Å². The summed E-state index contributed by atoms with van der Waals surface area (Å²) in [5.41, 5.74) is 2.29. The standard InChI is InChI=1S/C13H14N4O3/c1-9-2-4-10(5-3-9)6-7-14-13(18)12-15-8-11(16-12)17(19)20/h2-5,8H,6-7H2,1H3,(H,14,18)(H,15,16). The second kappa shape index (κ2) is 5.96. The Balaban J connectivity index is 1.85. The minimum atomic E-state index is -0.629. The monoisotopic (exact) mass is 274 g/mol. The molecule has 2 rings (SSSR count). The fourth-order valence-corrected chi connectivity index (χ4v) is 1.68. The summed E-state index contributed by atoms with van der Waals surface area (Å²) in [5.74, 6) is -0.806. The van der Waals surface area contributed by atoms with Gasteiger partial charge in [-0.25, -0.2) is 9.97 Å². The molecule has 0 fully saturated rings. The smallest absolute Gasteiger partial charge is 0.341 e. The van der Waals surface area contributed by atoms with Gasteiger partial charge in [0.15, 0.2) is 0 Å². The zero-order valence-electron chi connectivity index (χ0n) is 10.9. The summed E-state index contributed by atoms with van der Waals surface area (Å²) in [6.07, 6.45) is 1.71. The van der Waals surface area contributed by atoms with Crippen LogP contribution in [0.4, 0.5) is 5.82 Å². The molecule has 2 aromatic rings. The summed E-state index contributed by atoms with van der Waals surface area (Å²) in [4.78, 5) is 27.5. The van der Waals surface area contributed by atoms with Crippen LogP contribution < -0.4 is 5.32 Å². The number of H-pyrrole nitrogens is 1. The van der Waals surface area contributed by atoms with Gasteiger partial charge in [0.2, 0.25) is 0 Å². The van der Waals surface area contributed by atoms with E-state index in [1.807, 2.05) is 31.2 Å². The van der Waals surface area contributed by atoms with Gasteiger partial charge in [0.25, 0.3) is 5.82 Å². The lowest BCUT2D eigenvalue weighted by atomic mass is 10.1. The Bertz CT molecular complexity index is 619. The van der Waals surface area contributed by atoms with Crippen LogP contribution >= 0.6 is 0 Å². The van der Waals surface area contributed by atoms with Gasteiger partial charge >= 0.3 is 11.7 Å². The van der Waals surface area contributed by atoms with Crippen molar-refractivity contribution in [2.45, 2.75) is 13.3 Å². The molecule has 0 unspecified atom stereocenters. The number of nitro groups is 1. The van der Waals surface area contributed by atoms with E-state index in [0.717, 1.165) is 11.8 Å². The van der Waals surface area contributed by atoms with Crippen molar-refractivity contribution in [3.8, 4) is 0 Å². The second-order valence-corrected chi connectivity index (χ2v) is 4.37. The van der Waals surface area contributed by atoms with E-state index in [1.165, 1.54) is 5.56 Å². The van der Waals surface area contributed by atoms with Crippen LogP contribution in [0.2, 0.25) is 0 Å². The van der Waals surface area contributed by atoms with Crippen LogP contribution in [0.5, 0.6) is 0 Å². The number of aryl methyl sites for hydroxylation is 1. The molecule has 104 valence electrons. The number of imidazole rings is 1. The Morgan fingerprint density at radius 3 is 2.70 bits per heavy atom. The van der Waals surface area contributed by atoms with Crippen molar-refractivity contribution in [3.63, 3.8) is 0 Å². The fourth-order valence-electron chi connectivity index (χ4n) is 1.68. The van der Waals surface area contributed by atoms with E-state index in [4.69, 9.17) is 0 Å². The third kappa shape index (κ3) is 3.41. The number of carbonyl (C=O) groups is 1. The molecule has 0 atom stereocenters. The normalized spacial score (nSPS) is 10.2. The van der Waals surface area contributed by atoms with Crippen LogP contribution in [0.1, 0.15) is 21.7 Å². The maximum Gasteiger partial charge on any atom is 0.341 e. The number of hydrogen-bond acceptors (Lipinski definition) is 4. The van der Waals surface area contributed by atoms with Crippen LogP contribution in [0.15, 0.2) is 30.5 Å². The SMILES string of the molecule is Cc1ccc(CCNC(=O)c2ncc([N+](=O)[O-])[nH]2)cc1. The summed E-state index contributed by atoms with van der Waals surface area (Å²) >= 11 is 0. The minimum absolute atomic E-state index is 0.0550. The Morgan fingerprint density at radius 1 is 1.40 bits per heavy atom. The van der Waals surface area contributed by atoms with Crippen LogP contribution in [0.3, 0.4) is 0 Å². The van der Waals surface area contributed by atoms with Crippen molar-refractivity contribution in [3.05, 3.63) is 57.5 Å². The Hall–Kier alpha value is -2.70. The lowest BCUT2D eigenvalue weighted by Gasteiger charge is -2.03. The van der Waals surface area contributed by atoms with Gasteiger partial charge in [0.05, 0.1) is 0 Å². The number of aromatic amines is 1. The average molecular weight is 274 g/mol. The molecule has 0 aliphatic carbocycles. The fraction of sp³-hybridized carbons (Fsp3) is 0.231. The van der Waals surface area contributed by atoms with Crippen LogP contribution in [-0.4, -0.2) is 27.3 Å². The third-order valence-corrected chi connectivity index (χ3v) is 2.79. The molecule has 2 N–H and O–H groups in total. The Kier molecular flexibility index (Phi) is 4.09. The first-order chi connectivity index (χ1) is 9.56. The number of hydrogen-bond donors (Lipinski definition) is 2. The van der Waals surface area contributed by atoms with E-state index >= 15 is 0 Å². The Morgan fingerprint density at radius 2 is 2.10 bits per heavy atom. The quantitative estimate of drug-likeness (QED) is 0.638. The average Bonchev–Trinajstić information content (AvgIpc) is 2.91. The Labute approximate surface area is 115 Å². The molecule has 0 saturated carbocycles. The van der Waals surface area contributed by atoms with Crippen molar-refractivity contribution in [2.24, 2.45) is 0 Å². The highest BCUT2D eigenvalue weighted by Gasteiger charge is 2.16. The topological polar surface area (TPSA) is 101 Å². The number of aromatic nitrogens is 2. The molecule has 0 bridgehead atoms. The first-order valence-electron chi connectivity index (χ1n) is 6.09. The van der Waals surface area contributed by atoms with Crippen LogP contribution in [0.25, 0.3) is 0 Å². The van der Waals surface area contributed by atoms with Gasteiger partial charge in [-0.15, -0.1) is 0 Å². The van der Waals surface area contributed by atoms with Gasteiger partial charge in [-0.2, -0.15) is 0 Å². The largest absolute Gasteiger partial charge is 0.358 e. The number of benzene rings is 1. The summed E-state index contributed by atoms with van der Waals surface area (Å²) in [6.45, 7) is 2.45. The molecule has 7 nitrogen and oxygen atoms in total. The van der Waals surface area contributed by atoms with Crippen molar-refractivity contribution >= 4 is 11.7 Å². The molecular weight excluding hydrogens is 260 g/mol. The van der Waals surface area contributed by atoms with E-state index in [-0.39, 0.29) is 11.6 Å². The molecule has 7 heteroatoms. The lowest BCUT2D eigenvalue weighted by Crippen LogP contribution is -2.26. The van der Waals surface area contributed by atoms with E-state index in [2.05, 4.69) is 15.3 Å². The molecule has 0 saturated heterocycles. The van der Waals surface area contributed by atoms with Gasteiger partial charge in [-0.1, -0.05) is 29.8 Å². The van der Waals surface area contributed by atoms with Gasteiger partial charge in [-0.05, 0) is 23.8 Å². The molecule has 20 heavy (non-hydrogen) atoms. The van der Waals surface area contributed by atoms with Gasteiger partial charge in [-0.3, -0.25) is 4.79 Å². The summed E-state index contributed by atoms with van der Waals surface area (Å²) < 4.78 is 0. The summed E-state index contributed by atoms with van der Waals surface area (Å²) in [7, 11) is 0. The molecule has 0 spiro atoms. The lowest BCUT2D eigenvalue weighted by molar-refractivity contribution is -0.389. The van der Waals surface area contributed by atoms with Crippen molar-refractivity contribution in [1.82, 2.24) is 15.3 Å². The maximum atomic E-state index is 11.7. The van der Waals surface area contributed by atoms with Crippen LogP contribution in [-0.2, 0) is 6.42 Å². The summed E-state index contributed by atoms with van der Waals surface area (Å²) in [6, 6.07) is 8.01. The minimum Gasteiger partial charge on any atom is -0.358 e. The maximum absolute atomic E-state index is 11.7. The molecule has 0 aliphatic rings. The van der Waals surface area contributed by atoms with Crippen molar-refractivity contribution in [2.75, 3.05) is 6.54 Å². The molecule has 0 aliphatic heterocycles. The molecule has 0 radical (unpaired) electrons.